The Morgan fingerprint density at radius 3 is 2.76 bits per heavy atom. The van der Waals surface area contributed by atoms with Crippen LogP contribution in [0.25, 0.3) is 0 Å². The van der Waals surface area contributed by atoms with E-state index < -0.39 is 10.8 Å². The molecule has 7 heteroatoms. The average Bonchev–Trinajstić information content (AvgIpc) is 2.53. The number of hydrogen-bond acceptors (Lipinski definition) is 5. The van der Waals surface area contributed by atoms with Crippen LogP contribution in [0, 0.1) is 0 Å². The summed E-state index contributed by atoms with van der Waals surface area (Å²) < 4.78 is 11.5. The Morgan fingerprint density at radius 1 is 1.33 bits per heavy atom. The van der Waals surface area contributed by atoms with E-state index in [1.807, 2.05) is 6.07 Å². The maximum absolute atomic E-state index is 11.5. The van der Waals surface area contributed by atoms with Gasteiger partial charge in [0.05, 0.1) is 5.56 Å². The van der Waals surface area contributed by atoms with Gasteiger partial charge in [-0.15, -0.1) is 0 Å². The first-order valence-electron chi connectivity index (χ1n) is 7.29. The number of aromatic nitrogens is 1. The Morgan fingerprint density at radius 2 is 2.05 bits per heavy atom. The normalized spacial score (nSPS) is 20.4. The summed E-state index contributed by atoms with van der Waals surface area (Å²) >= 11 is 0. The number of aryl methyl sites for hydroxylation is 2. The first kappa shape index (κ1) is 14.3. The van der Waals surface area contributed by atoms with Crippen LogP contribution in [0.1, 0.15) is 29.7 Å². The van der Waals surface area contributed by atoms with Crippen molar-refractivity contribution in [3.05, 3.63) is 22.9 Å². The van der Waals surface area contributed by atoms with Crippen molar-refractivity contribution in [3.8, 4) is 0 Å². The van der Waals surface area contributed by atoms with Gasteiger partial charge in [0.25, 0.3) is 0 Å². The molecular formula is C14H20N4O2S. The number of hydrogen-bond donors (Lipinski definition) is 2. The second-order valence-electron chi connectivity index (χ2n) is 5.49. The summed E-state index contributed by atoms with van der Waals surface area (Å²) in [5.41, 5.74) is 8.85. The third kappa shape index (κ3) is 2.88. The van der Waals surface area contributed by atoms with Gasteiger partial charge < -0.3 is 15.8 Å². The highest BCUT2D eigenvalue weighted by Gasteiger charge is 2.23. The van der Waals surface area contributed by atoms with Crippen LogP contribution in [0.5, 0.6) is 0 Å². The van der Waals surface area contributed by atoms with Crippen molar-refractivity contribution in [1.82, 2.24) is 4.98 Å². The predicted molar refractivity (Wildman–Crippen MR) is 83.5 cm³/mol. The number of nitrogens with zero attached hydrogens (tertiary/aromatic N) is 3. The Kier molecular flexibility index (Phi) is 4.10. The Labute approximate surface area is 126 Å². The van der Waals surface area contributed by atoms with Crippen LogP contribution in [0.15, 0.2) is 11.2 Å². The highest BCUT2D eigenvalue weighted by molar-refractivity contribution is 7.85. The summed E-state index contributed by atoms with van der Waals surface area (Å²) in [7, 11) is -0.736. The van der Waals surface area contributed by atoms with E-state index in [1.165, 1.54) is 5.56 Å². The first-order chi connectivity index (χ1) is 10.2. The molecule has 1 aliphatic carbocycles. The van der Waals surface area contributed by atoms with Gasteiger partial charge in [-0.25, -0.2) is 4.98 Å². The van der Waals surface area contributed by atoms with Crippen molar-refractivity contribution in [1.29, 1.82) is 0 Å². The van der Waals surface area contributed by atoms with Crippen LogP contribution in [-0.2, 0) is 23.6 Å². The molecule has 0 bridgehead atoms. The smallest absolute Gasteiger partial charge is 0.173 e. The van der Waals surface area contributed by atoms with Crippen LogP contribution < -0.4 is 10.6 Å². The van der Waals surface area contributed by atoms with E-state index >= 15 is 0 Å². The molecule has 1 aliphatic heterocycles. The van der Waals surface area contributed by atoms with Crippen LogP contribution >= 0.6 is 0 Å². The lowest BCUT2D eigenvalue weighted by molar-refractivity contribution is 0.318. The molecule has 0 amide bonds. The van der Waals surface area contributed by atoms with Gasteiger partial charge in [0, 0.05) is 41.1 Å². The van der Waals surface area contributed by atoms with Crippen molar-refractivity contribution >= 4 is 22.5 Å². The van der Waals surface area contributed by atoms with E-state index in [2.05, 4.69) is 10.1 Å². The molecule has 3 rings (SSSR count). The maximum Gasteiger partial charge on any atom is 0.173 e. The number of anilines is 1. The van der Waals surface area contributed by atoms with Gasteiger partial charge in [0.15, 0.2) is 5.84 Å². The van der Waals surface area contributed by atoms with Crippen molar-refractivity contribution in [2.45, 2.75) is 25.7 Å². The quantitative estimate of drug-likeness (QED) is 0.362. The zero-order valence-corrected chi connectivity index (χ0v) is 12.7. The summed E-state index contributed by atoms with van der Waals surface area (Å²) in [5, 5.41) is 12.2. The largest absolute Gasteiger partial charge is 0.409 e. The third-order valence-electron chi connectivity index (χ3n) is 4.14. The van der Waals surface area contributed by atoms with Crippen LogP contribution in [0.4, 0.5) is 5.82 Å². The first-order valence-corrected chi connectivity index (χ1v) is 8.78. The highest BCUT2D eigenvalue weighted by atomic mass is 32.2. The van der Waals surface area contributed by atoms with E-state index in [9.17, 15) is 4.21 Å². The second kappa shape index (κ2) is 6.01. The summed E-state index contributed by atoms with van der Waals surface area (Å²) in [6.45, 7) is 1.40. The summed E-state index contributed by atoms with van der Waals surface area (Å²) in [5.74, 6) is 2.16. The van der Waals surface area contributed by atoms with E-state index in [4.69, 9.17) is 15.9 Å². The molecule has 0 atom stereocenters. The lowest BCUT2D eigenvalue weighted by Gasteiger charge is -2.30. The number of nitrogens with two attached hydrogens (primary N) is 1. The molecule has 2 heterocycles. The fourth-order valence-corrected chi connectivity index (χ4v) is 4.01. The van der Waals surface area contributed by atoms with Gasteiger partial charge in [-0.05, 0) is 37.3 Å². The van der Waals surface area contributed by atoms with Crippen molar-refractivity contribution in [3.63, 3.8) is 0 Å². The molecule has 21 heavy (non-hydrogen) atoms. The van der Waals surface area contributed by atoms with Crippen LogP contribution in [-0.4, -0.2) is 44.8 Å². The second-order valence-corrected chi connectivity index (χ2v) is 7.19. The molecule has 0 saturated carbocycles. The minimum Gasteiger partial charge on any atom is -0.409 e. The fourth-order valence-electron chi connectivity index (χ4n) is 2.96. The standard InChI is InChI=1S/C14H20N4O2S/c15-13(17-19)11-9-10-3-1-2-4-12(10)16-14(11)18-5-7-21(20)8-6-18/h9,19H,1-8H2,(H2,15,17). The zero-order chi connectivity index (χ0) is 14.8. The third-order valence-corrected chi connectivity index (χ3v) is 5.42. The van der Waals surface area contributed by atoms with Gasteiger partial charge in [0.1, 0.15) is 5.82 Å². The molecule has 114 valence electrons. The van der Waals surface area contributed by atoms with Crippen LogP contribution in [0.3, 0.4) is 0 Å². The molecule has 1 aromatic rings. The molecule has 1 saturated heterocycles. The number of oxime groups is 1. The molecule has 1 aromatic heterocycles. The van der Waals surface area contributed by atoms with Crippen molar-refractivity contribution < 1.29 is 9.42 Å². The number of pyridine rings is 1. The Balaban J connectivity index is 2.02. The molecule has 6 nitrogen and oxygen atoms in total. The molecule has 3 N–H and O–H groups in total. The minimum absolute atomic E-state index is 0.0950. The zero-order valence-electron chi connectivity index (χ0n) is 11.9. The lowest BCUT2D eigenvalue weighted by Crippen LogP contribution is -2.39. The molecular weight excluding hydrogens is 288 g/mol. The minimum atomic E-state index is -0.736. The van der Waals surface area contributed by atoms with E-state index in [1.54, 1.807) is 0 Å². The Hall–Kier alpha value is -1.63. The molecule has 0 radical (unpaired) electrons. The molecule has 1 fully saturated rings. The fraction of sp³-hybridized carbons (Fsp3) is 0.571. The summed E-state index contributed by atoms with van der Waals surface area (Å²) in [4.78, 5) is 6.89. The topological polar surface area (TPSA) is 91.8 Å². The molecule has 0 spiro atoms. The predicted octanol–water partition coefficient (Wildman–Crippen LogP) is 0.624. The SMILES string of the molecule is NC(=NO)c1cc2c(nc1N1CCS(=O)CC1)CCCC2. The van der Waals surface area contributed by atoms with Crippen molar-refractivity contribution in [2.24, 2.45) is 10.9 Å². The molecule has 0 unspecified atom stereocenters. The van der Waals surface area contributed by atoms with E-state index in [0.29, 0.717) is 30.2 Å². The highest BCUT2D eigenvalue weighted by Crippen LogP contribution is 2.27. The maximum atomic E-state index is 11.5. The van der Waals surface area contributed by atoms with Gasteiger partial charge >= 0.3 is 0 Å². The van der Waals surface area contributed by atoms with E-state index in [-0.39, 0.29) is 5.84 Å². The van der Waals surface area contributed by atoms with Crippen LogP contribution in [0.2, 0.25) is 0 Å². The molecule has 0 aromatic carbocycles. The van der Waals surface area contributed by atoms with Gasteiger partial charge in [-0.1, -0.05) is 5.16 Å². The van der Waals surface area contributed by atoms with Crippen molar-refractivity contribution in [2.75, 3.05) is 29.5 Å². The number of rotatable bonds is 2. The average molecular weight is 308 g/mol. The summed E-state index contributed by atoms with van der Waals surface area (Å²) in [6.07, 6.45) is 4.30. The van der Waals surface area contributed by atoms with Gasteiger partial charge in [-0.3, -0.25) is 4.21 Å². The van der Waals surface area contributed by atoms with Gasteiger partial charge in [-0.2, -0.15) is 0 Å². The number of amidine groups is 1. The lowest BCUT2D eigenvalue weighted by atomic mass is 9.94. The number of fused-ring (bicyclic) bond motifs is 1. The Bertz CT molecular complexity index is 593. The monoisotopic (exact) mass is 308 g/mol. The van der Waals surface area contributed by atoms with Gasteiger partial charge in [0.2, 0.25) is 0 Å². The molecule has 2 aliphatic rings. The summed E-state index contributed by atoms with van der Waals surface area (Å²) in [6, 6.07) is 2.01. The van der Waals surface area contributed by atoms with E-state index in [0.717, 1.165) is 37.2 Å².